The molecule has 0 unspecified atom stereocenters. The molecule has 0 saturated heterocycles. The summed E-state index contributed by atoms with van der Waals surface area (Å²) < 4.78 is 5.70. The third kappa shape index (κ3) is 6.20. The van der Waals surface area contributed by atoms with Crippen LogP contribution in [-0.4, -0.2) is 11.6 Å². The summed E-state index contributed by atoms with van der Waals surface area (Å²) in [6.45, 7) is 6.26. The van der Waals surface area contributed by atoms with Crippen molar-refractivity contribution in [3.63, 3.8) is 0 Å². The van der Waals surface area contributed by atoms with Crippen LogP contribution >= 0.6 is 11.6 Å². The molecule has 5 heteroatoms. The van der Waals surface area contributed by atoms with Crippen LogP contribution in [0.5, 0.6) is 5.75 Å². The van der Waals surface area contributed by atoms with E-state index in [-0.39, 0.29) is 11.6 Å². The van der Waals surface area contributed by atoms with Gasteiger partial charge in [-0.05, 0) is 62.7 Å². The first-order chi connectivity index (χ1) is 10.8. The zero-order chi connectivity index (χ0) is 16.9. The maximum Gasteiger partial charge on any atom is 0.319 e. The standard InChI is InChI=1S/C18H21ClN2O2/c1-18(2,3)21-17(22)20-15-8-10-16(11-9-15)23-12-13-4-6-14(19)7-5-13/h4-11H,12H2,1-3H3,(H2,20,21,22). The quantitative estimate of drug-likeness (QED) is 0.841. The summed E-state index contributed by atoms with van der Waals surface area (Å²) in [6, 6.07) is 14.5. The summed E-state index contributed by atoms with van der Waals surface area (Å²) in [4.78, 5) is 11.8. The number of nitrogens with one attached hydrogen (secondary N) is 2. The van der Waals surface area contributed by atoms with Crippen molar-refractivity contribution in [1.29, 1.82) is 0 Å². The van der Waals surface area contributed by atoms with E-state index in [0.717, 1.165) is 11.3 Å². The fraction of sp³-hybridized carbons (Fsp3) is 0.278. The number of hydrogen-bond acceptors (Lipinski definition) is 2. The minimum Gasteiger partial charge on any atom is -0.489 e. The smallest absolute Gasteiger partial charge is 0.319 e. The summed E-state index contributed by atoms with van der Waals surface area (Å²) >= 11 is 5.85. The predicted octanol–water partition coefficient (Wildman–Crippen LogP) is 4.84. The molecule has 0 aliphatic heterocycles. The van der Waals surface area contributed by atoms with E-state index in [0.29, 0.717) is 17.3 Å². The first kappa shape index (κ1) is 17.2. The lowest BCUT2D eigenvalue weighted by atomic mass is 10.1. The van der Waals surface area contributed by atoms with E-state index in [1.807, 2.05) is 57.2 Å². The number of ether oxygens (including phenoxy) is 1. The maximum absolute atomic E-state index is 11.8. The molecule has 23 heavy (non-hydrogen) atoms. The Labute approximate surface area is 141 Å². The Balaban J connectivity index is 1.87. The third-order valence-electron chi connectivity index (χ3n) is 2.92. The average Bonchev–Trinajstić information content (AvgIpc) is 2.46. The molecule has 0 fully saturated rings. The van der Waals surface area contributed by atoms with Gasteiger partial charge in [-0.2, -0.15) is 0 Å². The molecule has 0 aromatic heterocycles. The first-order valence-electron chi connectivity index (χ1n) is 7.38. The Morgan fingerprint density at radius 2 is 1.65 bits per heavy atom. The van der Waals surface area contributed by atoms with Gasteiger partial charge in [0.05, 0.1) is 0 Å². The molecule has 2 amide bonds. The lowest BCUT2D eigenvalue weighted by molar-refractivity contribution is 0.244. The number of amides is 2. The summed E-state index contributed by atoms with van der Waals surface area (Å²) in [6.07, 6.45) is 0. The molecule has 2 rings (SSSR count). The lowest BCUT2D eigenvalue weighted by Crippen LogP contribution is -2.43. The topological polar surface area (TPSA) is 50.4 Å². The fourth-order valence-corrected chi connectivity index (χ4v) is 2.01. The number of anilines is 1. The van der Waals surface area contributed by atoms with E-state index in [4.69, 9.17) is 16.3 Å². The highest BCUT2D eigenvalue weighted by atomic mass is 35.5. The van der Waals surface area contributed by atoms with E-state index in [2.05, 4.69) is 10.6 Å². The Morgan fingerprint density at radius 1 is 1.04 bits per heavy atom. The third-order valence-corrected chi connectivity index (χ3v) is 3.17. The van der Waals surface area contributed by atoms with Crippen LogP contribution in [0.1, 0.15) is 26.3 Å². The Bertz CT molecular complexity index is 646. The van der Waals surface area contributed by atoms with Crippen LogP contribution in [-0.2, 0) is 6.61 Å². The number of rotatable bonds is 4. The summed E-state index contributed by atoms with van der Waals surface area (Å²) in [5.74, 6) is 0.738. The van der Waals surface area contributed by atoms with Crippen LogP contribution in [0.4, 0.5) is 10.5 Å². The Hall–Kier alpha value is -2.20. The van der Waals surface area contributed by atoms with E-state index in [1.165, 1.54) is 0 Å². The van der Waals surface area contributed by atoms with E-state index in [1.54, 1.807) is 12.1 Å². The molecule has 0 aliphatic carbocycles. The van der Waals surface area contributed by atoms with Gasteiger partial charge in [-0.3, -0.25) is 0 Å². The number of halogens is 1. The van der Waals surface area contributed by atoms with Gasteiger partial charge in [0, 0.05) is 16.2 Å². The second kappa shape index (κ2) is 7.38. The highest BCUT2D eigenvalue weighted by molar-refractivity contribution is 6.30. The molecule has 2 aromatic rings. The van der Waals surface area contributed by atoms with Crippen molar-refractivity contribution in [2.45, 2.75) is 32.9 Å². The first-order valence-corrected chi connectivity index (χ1v) is 7.76. The van der Waals surface area contributed by atoms with Gasteiger partial charge >= 0.3 is 6.03 Å². The average molecular weight is 333 g/mol. The predicted molar refractivity (Wildman–Crippen MR) is 94.1 cm³/mol. The monoisotopic (exact) mass is 332 g/mol. The summed E-state index contributed by atoms with van der Waals surface area (Å²) in [5.41, 5.74) is 1.48. The van der Waals surface area contributed by atoms with Gasteiger partial charge in [0.15, 0.2) is 0 Å². The minimum atomic E-state index is -0.272. The largest absolute Gasteiger partial charge is 0.489 e. The zero-order valence-corrected chi connectivity index (χ0v) is 14.3. The van der Waals surface area contributed by atoms with E-state index >= 15 is 0 Å². The van der Waals surface area contributed by atoms with Crippen molar-refractivity contribution in [1.82, 2.24) is 5.32 Å². The van der Waals surface area contributed by atoms with Crippen molar-refractivity contribution in [2.75, 3.05) is 5.32 Å². The minimum absolute atomic E-state index is 0.229. The Kier molecular flexibility index (Phi) is 5.50. The number of benzene rings is 2. The Morgan fingerprint density at radius 3 is 2.22 bits per heavy atom. The van der Waals surface area contributed by atoms with Crippen molar-refractivity contribution in [3.05, 3.63) is 59.1 Å². The molecule has 0 atom stereocenters. The van der Waals surface area contributed by atoms with Crippen LogP contribution < -0.4 is 15.4 Å². The maximum atomic E-state index is 11.8. The van der Waals surface area contributed by atoms with Crippen LogP contribution in [0.3, 0.4) is 0 Å². The van der Waals surface area contributed by atoms with Gasteiger partial charge in [0.1, 0.15) is 12.4 Å². The zero-order valence-electron chi connectivity index (χ0n) is 13.5. The fourth-order valence-electron chi connectivity index (χ4n) is 1.88. The second-order valence-electron chi connectivity index (χ2n) is 6.27. The molecule has 122 valence electrons. The molecule has 0 aliphatic rings. The molecule has 0 radical (unpaired) electrons. The molecule has 4 nitrogen and oxygen atoms in total. The van der Waals surface area contributed by atoms with Gasteiger partial charge < -0.3 is 15.4 Å². The summed E-state index contributed by atoms with van der Waals surface area (Å²) in [7, 11) is 0. The molecule has 0 spiro atoms. The molecule has 2 N–H and O–H groups in total. The van der Waals surface area contributed by atoms with Crippen molar-refractivity contribution >= 4 is 23.3 Å². The van der Waals surface area contributed by atoms with Crippen molar-refractivity contribution in [2.24, 2.45) is 0 Å². The number of urea groups is 1. The van der Waals surface area contributed by atoms with Gasteiger partial charge in [-0.25, -0.2) is 4.79 Å². The van der Waals surface area contributed by atoms with Crippen LogP contribution in [0.25, 0.3) is 0 Å². The van der Waals surface area contributed by atoms with Crippen LogP contribution in [0.2, 0.25) is 5.02 Å². The molecule has 0 heterocycles. The lowest BCUT2D eigenvalue weighted by Gasteiger charge is -2.20. The van der Waals surface area contributed by atoms with Crippen LogP contribution in [0.15, 0.2) is 48.5 Å². The van der Waals surface area contributed by atoms with Gasteiger partial charge in [0.25, 0.3) is 0 Å². The van der Waals surface area contributed by atoms with Crippen LogP contribution in [0, 0.1) is 0 Å². The van der Waals surface area contributed by atoms with E-state index < -0.39 is 0 Å². The van der Waals surface area contributed by atoms with Crippen molar-refractivity contribution in [3.8, 4) is 5.75 Å². The SMILES string of the molecule is CC(C)(C)NC(=O)Nc1ccc(OCc2ccc(Cl)cc2)cc1. The number of carbonyl (C=O) groups excluding carboxylic acids is 1. The van der Waals surface area contributed by atoms with Gasteiger partial charge in [-0.1, -0.05) is 23.7 Å². The summed E-state index contributed by atoms with van der Waals surface area (Å²) in [5, 5.41) is 6.33. The molecule has 2 aromatic carbocycles. The van der Waals surface area contributed by atoms with Gasteiger partial charge in [-0.15, -0.1) is 0 Å². The highest BCUT2D eigenvalue weighted by Gasteiger charge is 2.13. The van der Waals surface area contributed by atoms with Crippen molar-refractivity contribution < 1.29 is 9.53 Å². The number of hydrogen-bond donors (Lipinski definition) is 2. The number of carbonyl (C=O) groups is 1. The van der Waals surface area contributed by atoms with E-state index in [9.17, 15) is 4.79 Å². The molecular formula is C18H21ClN2O2. The van der Waals surface area contributed by atoms with Gasteiger partial charge in [0.2, 0.25) is 0 Å². The normalized spacial score (nSPS) is 11.0. The molecule has 0 saturated carbocycles. The highest BCUT2D eigenvalue weighted by Crippen LogP contribution is 2.18. The molecular weight excluding hydrogens is 312 g/mol. The second-order valence-corrected chi connectivity index (χ2v) is 6.71. The molecule has 0 bridgehead atoms.